The molecule has 0 aromatic carbocycles. The van der Waals surface area contributed by atoms with E-state index in [1.807, 2.05) is 12.1 Å². The number of anilines is 1. The summed E-state index contributed by atoms with van der Waals surface area (Å²) in [6.07, 6.45) is 4.69. The standard InChI is InChI=1S/C15H21N3O2/c19-15(16-11-12-5-4-10-20-12)13-6-3-7-14(17-13)18-8-1-2-9-18/h3,6-7,12H,1-2,4-5,8-11H2,(H,16,19). The van der Waals surface area contributed by atoms with Crippen molar-refractivity contribution in [2.45, 2.75) is 31.8 Å². The molecule has 108 valence electrons. The van der Waals surface area contributed by atoms with E-state index in [0.717, 1.165) is 38.4 Å². The summed E-state index contributed by atoms with van der Waals surface area (Å²) in [7, 11) is 0. The van der Waals surface area contributed by atoms with Crippen LogP contribution < -0.4 is 10.2 Å². The third kappa shape index (κ3) is 3.10. The zero-order valence-corrected chi connectivity index (χ0v) is 11.7. The van der Waals surface area contributed by atoms with Gasteiger partial charge in [0.2, 0.25) is 0 Å². The van der Waals surface area contributed by atoms with Crippen molar-refractivity contribution >= 4 is 11.7 Å². The molecule has 1 atom stereocenters. The molecular formula is C15H21N3O2. The monoisotopic (exact) mass is 275 g/mol. The van der Waals surface area contributed by atoms with Crippen LogP contribution in [0.5, 0.6) is 0 Å². The van der Waals surface area contributed by atoms with Gasteiger partial charge in [-0.05, 0) is 37.8 Å². The second-order valence-electron chi connectivity index (χ2n) is 5.42. The van der Waals surface area contributed by atoms with Gasteiger partial charge in [0, 0.05) is 26.2 Å². The maximum absolute atomic E-state index is 12.1. The van der Waals surface area contributed by atoms with Gasteiger partial charge in [-0.2, -0.15) is 0 Å². The molecule has 0 aliphatic carbocycles. The number of amides is 1. The average molecular weight is 275 g/mol. The van der Waals surface area contributed by atoms with Crippen molar-refractivity contribution in [3.8, 4) is 0 Å². The Morgan fingerprint density at radius 1 is 1.35 bits per heavy atom. The lowest BCUT2D eigenvalue weighted by Crippen LogP contribution is -2.32. The summed E-state index contributed by atoms with van der Waals surface area (Å²) in [4.78, 5) is 18.8. The number of rotatable bonds is 4. The van der Waals surface area contributed by atoms with Crippen LogP contribution in [0, 0.1) is 0 Å². The second kappa shape index (κ2) is 6.22. The summed E-state index contributed by atoms with van der Waals surface area (Å²) >= 11 is 0. The lowest BCUT2D eigenvalue weighted by atomic mass is 10.2. The van der Waals surface area contributed by atoms with E-state index in [9.17, 15) is 4.79 Å². The van der Waals surface area contributed by atoms with Gasteiger partial charge < -0.3 is 15.0 Å². The van der Waals surface area contributed by atoms with Crippen LogP contribution in [0.15, 0.2) is 18.2 Å². The van der Waals surface area contributed by atoms with E-state index < -0.39 is 0 Å². The molecule has 3 rings (SSSR count). The Labute approximate surface area is 119 Å². The number of nitrogens with zero attached hydrogens (tertiary/aromatic N) is 2. The van der Waals surface area contributed by atoms with Gasteiger partial charge in [0.25, 0.3) is 5.91 Å². The Kier molecular flexibility index (Phi) is 4.16. The van der Waals surface area contributed by atoms with Gasteiger partial charge in [0.05, 0.1) is 6.10 Å². The highest BCUT2D eigenvalue weighted by Crippen LogP contribution is 2.17. The van der Waals surface area contributed by atoms with Crippen molar-refractivity contribution < 1.29 is 9.53 Å². The molecule has 3 heterocycles. The second-order valence-corrected chi connectivity index (χ2v) is 5.42. The molecule has 1 amide bonds. The van der Waals surface area contributed by atoms with E-state index in [-0.39, 0.29) is 12.0 Å². The van der Waals surface area contributed by atoms with Crippen LogP contribution >= 0.6 is 0 Å². The smallest absolute Gasteiger partial charge is 0.270 e. The zero-order valence-electron chi connectivity index (χ0n) is 11.7. The Morgan fingerprint density at radius 3 is 2.95 bits per heavy atom. The van der Waals surface area contributed by atoms with E-state index in [1.165, 1.54) is 12.8 Å². The number of aromatic nitrogens is 1. The fraction of sp³-hybridized carbons (Fsp3) is 0.600. The minimum atomic E-state index is -0.110. The van der Waals surface area contributed by atoms with Gasteiger partial charge in [0.1, 0.15) is 11.5 Å². The molecule has 0 bridgehead atoms. The van der Waals surface area contributed by atoms with Gasteiger partial charge in [-0.25, -0.2) is 4.98 Å². The van der Waals surface area contributed by atoms with E-state index >= 15 is 0 Å². The van der Waals surface area contributed by atoms with Crippen molar-refractivity contribution in [1.29, 1.82) is 0 Å². The Balaban J connectivity index is 1.60. The first-order valence-electron chi connectivity index (χ1n) is 7.45. The van der Waals surface area contributed by atoms with Crippen LogP contribution in [0.1, 0.15) is 36.2 Å². The molecular weight excluding hydrogens is 254 g/mol. The predicted molar refractivity (Wildman–Crippen MR) is 77.0 cm³/mol. The van der Waals surface area contributed by atoms with E-state index in [1.54, 1.807) is 6.07 Å². The molecule has 0 spiro atoms. The Bertz CT molecular complexity index is 466. The highest BCUT2D eigenvalue weighted by Gasteiger charge is 2.18. The first-order valence-corrected chi connectivity index (χ1v) is 7.45. The summed E-state index contributed by atoms with van der Waals surface area (Å²) in [5.74, 6) is 0.800. The van der Waals surface area contributed by atoms with Gasteiger partial charge in [-0.3, -0.25) is 4.79 Å². The van der Waals surface area contributed by atoms with E-state index in [2.05, 4.69) is 15.2 Å². The number of pyridine rings is 1. The molecule has 1 aromatic heterocycles. The Morgan fingerprint density at radius 2 is 2.20 bits per heavy atom. The number of carbonyl (C=O) groups excluding carboxylic acids is 1. The third-order valence-electron chi connectivity index (χ3n) is 3.91. The van der Waals surface area contributed by atoms with Crippen LogP contribution in [0.4, 0.5) is 5.82 Å². The Hall–Kier alpha value is -1.62. The zero-order chi connectivity index (χ0) is 13.8. The number of carbonyl (C=O) groups is 1. The molecule has 5 heteroatoms. The molecule has 2 aliphatic heterocycles. The SMILES string of the molecule is O=C(NCC1CCCO1)c1cccc(N2CCCC2)n1. The van der Waals surface area contributed by atoms with Crippen LogP contribution in [0.2, 0.25) is 0 Å². The molecule has 2 fully saturated rings. The van der Waals surface area contributed by atoms with Crippen LogP contribution in [0.25, 0.3) is 0 Å². The van der Waals surface area contributed by atoms with Crippen molar-refractivity contribution in [3.05, 3.63) is 23.9 Å². The van der Waals surface area contributed by atoms with E-state index in [4.69, 9.17) is 4.74 Å². The quantitative estimate of drug-likeness (QED) is 0.906. The summed E-state index contributed by atoms with van der Waals surface area (Å²) in [6.45, 7) is 3.46. The molecule has 2 saturated heterocycles. The molecule has 1 N–H and O–H groups in total. The fourth-order valence-electron chi connectivity index (χ4n) is 2.77. The van der Waals surface area contributed by atoms with Crippen molar-refractivity contribution in [2.24, 2.45) is 0 Å². The minimum absolute atomic E-state index is 0.110. The summed E-state index contributed by atoms with van der Waals surface area (Å²) in [5, 5.41) is 2.91. The highest BCUT2D eigenvalue weighted by atomic mass is 16.5. The molecule has 20 heavy (non-hydrogen) atoms. The van der Waals surface area contributed by atoms with Crippen LogP contribution in [-0.2, 0) is 4.74 Å². The van der Waals surface area contributed by atoms with Crippen LogP contribution in [-0.4, -0.2) is 43.2 Å². The van der Waals surface area contributed by atoms with Gasteiger partial charge >= 0.3 is 0 Å². The predicted octanol–water partition coefficient (Wildman–Crippen LogP) is 1.59. The van der Waals surface area contributed by atoms with Gasteiger partial charge in [-0.1, -0.05) is 6.07 Å². The first kappa shape index (κ1) is 13.4. The first-order chi connectivity index (χ1) is 9.83. The highest BCUT2D eigenvalue weighted by molar-refractivity contribution is 5.92. The van der Waals surface area contributed by atoms with Gasteiger partial charge in [0.15, 0.2) is 0 Å². The third-order valence-corrected chi connectivity index (χ3v) is 3.91. The van der Waals surface area contributed by atoms with Crippen molar-refractivity contribution in [3.63, 3.8) is 0 Å². The number of hydrogen-bond donors (Lipinski definition) is 1. The summed E-state index contributed by atoms with van der Waals surface area (Å²) < 4.78 is 5.50. The van der Waals surface area contributed by atoms with Crippen LogP contribution in [0.3, 0.4) is 0 Å². The lowest BCUT2D eigenvalue weighted by Gasteiger charge is -2.17. The summed E-state index contributed by atoms with van der Waals surface area (Å²) in [5.41, 5.74) is 0.493. The molecule has 5 nitrogen and oxygen atoms in total. The number of nitrogens with one attached hydrogen (secondary N) is 1. The van der Waals surface area contributed by atoms with Crippen molar-refractivity contribution in [1.82, 2.24) is 10.3 Å². The average Bonchev–Trinajstić information content (AvgIpc) is 3.18. The molecule has 0 radical (unpaired) electrons. The topological polar surface area (TPSA) is 54.5 Å². The number of ether oxygens (including phenoxy) is 1. The molecule has 1 unspecified atom stereocenters. The molecule has 1 aromatic rings. The normalized spacial score (nSPS) is 22.2. The maximum atomic E-state index is 12.1. The van der Waals surface area contributed by atoms with Gasteiger partial charge in [-0.15, -0.1) is 0 Å². The molecule has 2 aliphatic rings. The minimum Gasteiger partial charge on any atom is -0.376 e. The maximum Gasteiger partial charge on any atom is 0.270 e. The fourth-order valence-corrected chi connectivity index (χ4v) is 2.77. The van der Waals surface area contributed by atoms with Crippen molar-refractivity contribution in [2.75, 3.05) is 31.1 Å². The number of hydrogen-bond acceptors (Lipinski definition) is 4. The summed E-state index contributed by atoms with van der Waals surface area (Å²) in [6, 6.07) is 5.65. The largest absolute Gasteiger partial charge is 0.376 e. The molecule has 0 saturated carbocycles. The lowest BCUT2D eigenvalue weighted by molar-refractivity contribution is 0.0854. The van der Waals surface area contributed by atoms with E-state index in [0.29, 0.717) is 12.2 Å².